The number of nitrogens with zero attached hydrogens (tertiary/aromatic N) is 7. The van der Waals surface area contributed by atoms with Crippen molar-refractivity contribution in [2.75, 3.05) is 31.1 Å². The first kappa shape index (κ1) is 18.5. The zero-order valence-electron chi connectivity index (χ0n) is 17.8. The first-order valence-corrected chi connectivity index (χ1v) is 10.9. The molecule has 8 heteroatoms. The van der Waals surface area contributed by atoms with E-state index in [0.29, 0.717) is 17.0 Å². The Morgan fingerprint density at radius 3 is 2.74 bits per heavy atom. The summed E-state index contributed by atoms with van der Waals surface area (Å²) in [5.41, 5.74) is 4.73. The van der Waals surface area contributed by atoms with Crippen molar-refractivity contribution in [3.05, 3.63) is 58.8 Å². The Hall–Kier alpha value is -3.26. The van der Waals surface area contributed by atoms with Crippen LogP contribution in [0.3, 0.4) is 0 Å². The highest BCUT2D eigenvalue weighted by molar-refractivity contribution is 5.60. The predicted octanol–water partition coefficient (Wildman–Crippen LogP) is 2.39. The Labute approximate surface area is 179 Å². The minimum Gasteiger partial charge on any atom is -0.367 e. The maximum atomic E-state index is 13.0. The van der Waals surface area contributed by atoms with Crippen molar-refractivity contribution in [2.45, 2.75) is 32.2 Å². The highest BCUT2D eigenvalue weighted by Crippen LogP contribution is 2.34. The molecule has 2 aliphatic heterocycles. The number of hydrogen-bond donors (Lipinski definition) is 0. The number of hydrogen-bond acceptors (Lipinski definition) is 6. The van der Waals surface area contributed by atoms with Gasteiger partial charge in [0, 0.05) is 37.4 Å². The minimum absolute atomic E-state index is 0.101. The average Bonchev–Trinajstić information content (AvgIpc) is 3.33. The minimum atomic E-state index is -0.101. The molecule has 2 fully saturated rings. The fraction of sp³-hybridized carbons (Fsp3) is 0.391. The normalized spacial score (nSPS) is 21.8. The number of anilines is 1. The van der Waals surface area contributed by atoms with Crippen molar-refractivity contribution in [1.82, 2.24) is 28.9 Å². The lowest BCUT2D eigenvalue weighted by molar-refractivity contribution is 0.138. The number of rotatable bonds is 2. The van der Waals surface area contributed by atoms with Gasteiger partial charge in [-0.3, -0.25) is 14.1 Å². The topological polar surface area (TPSA) is 71.0 Å². The zero-order valence-corrected chi connectivity index (χ0v) is 17.8. The summed E-state index contributed by atoms with van der Waals surface area (Å²) in [4.78, 5) is 27.1. The maximum Gasteiger partial charge on any atom is 0.258 e. The standard InChI is InChI=1S/C23H25N7O/c1-16-13-30-21(24-16)7-5-18(26-30)19-12-22(31)29-14-17(4-6-20(29)25-19)27-10-11-28-9-3-8-23(28,2)15-27/h4-7,12-14H,3,8-11,15H2,1-2H3/t23-/m0/s1. The van der Waals surface area contributed by atoms with Crippen LogP contribution in [0.2, 0.25) is 0 Å². The molecule has 0 amide bonds. The predicted molar refractivity (Wildman–Crippen MR) is 120 cm³/mol. The van der Waals surface area contributed by atoms with Crippen LogP contribution in [0, 0.1) is 6.92 Å². The lowest BCUT2D eigenvalue weighted by atomic mass is 9.95. The van der Waals surface area contributed by atoms with Gasteiger partial charge in [-0.1, -0.05) is 0 Å². The molecule has 8 nitrogen and oxygen atoms in total. The number of pyridine rings is 1. The van der Waals surface area contributed by atoms with Gasteiger partial charge in [0.15, 0.2) is 5.65 Å². The third-order valence-electron chi connectivity index (χ3n) is 6.79. The van der Waals surface area contributed by atoms with Crippen molar-refractivity contribution < 1.29 is 0 Å². The van der Waals surface area contributed by atoms with E-state index in [1.165, 1.54) is 19.4 Å². The molecule has 6 rings (SSSR count). The molecule has 2 aliphatic rings. The van der Waals surface area contributed by atoms with Crippen molar-refractivity contribution in [1.29, 1.82) is 0 Å². The Balaban J connectivity index is 1.36. The summed E-state index contributed by atoms with van der Waals surface area (Å²) in [6, 6.07) is 9.32. The number of aryl methyl sites for hydroxylation is 1. The van der Waals surface area contributed by atoms with Crippen molar-refractivity contribution in [2.24, 2.45) is 0 Å². The van der Waals surface area contributed by atoms with Gasteiger partial charge in [-0.25, -0.2) is 14.5 Å². The first-order chi connectivity index (χ1) is 15.0. The zero-order chi connectivity index (χ0) is 21.2. The van der Waals surface area contributed by atoms with Gasteiger partial charge in [0.05, 0.1) is 23.3 Å². The van der Waals surface area contributed by atoms with Gasteiger partial charge >= 0.3 is 0 Å². The molecule has 2 saturated heterocycles. The van der Waals surface area contributed by atoms with E-state index >= 15 is 0 Å². The summed E-state index contributed by atoms with van der Waals surface area (Å²) in [5.74, 6) is 0. The molecule has 0 aliphatic carbocycles. The summed E-state index contributed by atoms with van der Waals surface area (Å²) in [6.45, 7) is 8.54. The molecule has 4 aromatic heterocycles. The van der Waals surface area contributed by atoms with Crippen LogP contribution in [-0.2, 0) is 0 Å². The molecular weight excluding hydrogens is 390 g/mol. The molecule has 158 valence electrons. The van der Waals surface area contributed by atoms with Crippen LogP contribution in [0.1, 0.15) is 25.5 Å². The van der Waals surface area contributed by atoms with E-state index in [9.17, 15) is 4.79 Å². The number of imidazole rings is 1. The summed E-state index contributed by atoms with van der Waals surface area (Å²) in [6.07, 6.45) is 6.30. The highest BCUT2D eigenvalue weighted by atomic mass is 16.1. The lowest BCUT2D eigenvalue weighted by Crippen LogP contribution is -2.57. The summed E-state index contributed by atoms with van der Waals surface area (Å²) in [5, 5.41) is 4.57. The fourth-order valence-electron chi connectivity index (χ4n) is 5.14. The van der Waals surface area contributed by atoms with E-state index in [-0.39, 0.29) is 11.1 Å². The SMILES string of the molecule is Cc1cn2nc(-c3cc(=O)n4cc(N5CCN6CCC[C@@]6(C)C5)ccc4n3)ccc2n1. The van der Waals surface area contributed by atoms with E-state index in [1.807, 2.05) is 37.5 Å². The molecule has 0 bridgehead atoms. The second kappa shape index (κ2) is 6.62. The molecular formula is C23H25N7O. The second-order valence-corrected chi connectivity index (χ2v) is 9.01. The maximum absolute atomic E-state index is 13.0. The third-order valence-corrected chi connectivity index (χ3v) is 6.79. The molecule has 4 aromatic rings. The van der Waals surface area contributed by atoms with Crippen LogP contribution in [-0.4, -0.2) is 60.6 Å². The molecule has 1 atom stereocenters. The molecule has 0 unspecified atom stereocenters. The van der Waals surface area contributed by atoms with E-state index < -0.39 is 0 Å². The van der Waals surface area contributed by atoms with E-state index in [1.54, 1.807) is 15.0 Å². The van der Waals surface area contributed by atoms with Gasteiger partial charge in [-0.05, 0) is 57.5 Å². The van der Waals surface area contributed by atoms with Gasteiger partial charge < -0.3 is 4.90 Å². The summed E-state index contributed by atoms with van der Waals surface area (Å²) >= 11 is 0. The summed E-state index contributed by atoms with van der Waals surface area (Å²) in [7, 11) is 0. The number of aromatic nitrogens is 5. The van der Waals surface area contributed by atoms with Gasteiger partial charge in [0.1, 0.15) is 11.3 Å². The second-order valence-electron chi connectivity index (χ2n) is 9.01. The number of fused-ring (bicyclic) bond motifs is 3. The van der Waals surface area contributed by atoms with Crippen molar-refractivity contribution in [3.8, 4) is 11.4 Å². The van der Waals surface area contributed by atoms with Gasteiger partial charge in [0.25, 0.3) is 5.56 Å². The summed E-state index contributed by atoms with van der Waals surface area (Å²) < 4.78 is 3.36. The Bertz CT molecular complexity index is 1370. The van der Waals surface area contributed by atoms with Crippen molar-refractivity contribution in [3.63, 3.8) is 0 Å². The smallest absolute Gasteiger partial charge is 0.258 e. The third kappa shape index (κ3) is 3.01. The average molecular weight is 416 g/mol. The Morgan fingerprint density at radius 2 is 1.84 bits per heavy atom. The van der Waals surface area contributed by atoms with Gasteiger partial charge in [-0.2, -0.15) is 5.10 Å². The van der Waals surface area contributed by atoms with Crippen LogP contribution in [0.25, 0.3) is 22.7 Å². The van der Waals surface area contributed by atoms with E-state index in [0.717, 1.165) is 36.7 Å². The fourth-order valence-corrected chi connectivity index (χ4v) is 5.14. The monoisotopic (exact) mass is 415 g/mol. The first-order valence-electron chi connectivity index (χ1n) is 10.9. The van der Waals surface area contributed by atoms with Gasteiger partial charge in [0.2, 0.25) is 0 Å². The molecule has 0 radical (unpaired) electrons. The van der Waals surface area contributed by atoms with Gasteiger partial charge in [-0.15, -0.1) is 0 Å². The highest BCUT2D eigenvalue weighted by Gasteiger charge is 2.41. The molecule has 31 heavy (non-hydrogen) atoms. The van der Waals surface area contributed by atoms with Crippen LogP contribution in [0.5, 0.6) is 0 Å². The Kier molecular flexibility index (Phi) is 3.95. The molecule has 0 aromatic carbocycles. The van der Waals surface area contributed by atoms with Crippen LogP contribution < -0.4 is 10.5 Å². The number of piperazine rings is 1. The molecule has 0 N–H and O–H groups in total. The quantitative estimate of drug-likeness (QED) is 0.501. The molecule has 0 saturated carbocycles. The molecule has 0 spiro atoms. The molecule has 6 heterocycles. The van der Waals surface area contributed by atoms with E-state index in [2.05, 4.69) is 32.9 Å². The van der Waals surface area contributed by atoms with Crippen molar-refractivity contribution >= 4 is 17.0 Å². The largest absolute Gasteiger partial charge is 0.367 e. The lowest BCUT2D eigenvalue weighted by Gasteiger charge is -2.46. The van der Waals surface area contributed by atoms with E-state index in [4.69, 9.17) is 4.98 Å². The van der Waals surface area contributed by atoms with Crippen LogP contribution in [0.4, 0.5) is 5.69 Å². The van der Waals surface area contributed by atoms with Crippen LogP contribution in [0.15, 0.2) is 47.5 Å². The Morgan fingerprint density at radius 1 is 0.968 bits per heavy atom. The van der Waals surface area contributed by atoms with Crippen LogP contribution >= 0.6 is 0 Å².